The summed E-state index contributed by atoms with van der Waals surface area (Å²) in [6.07, 6.45) is 4.07. The molecular formula is C15H18ClFN4O2. The molecule has 0 aliphatic carbocycles. The summed E-state index contributed by atoms with van der Waals surface area (Å²) in [5.41, 5.74) is 0.367. The van der Waals surface area contributed by atoms with Crippen molar-refractivity contribution in [1.82, 2.24) is 20.1 Å². The van der Waals surface area contributed by atoms with Crippen molar-refractivity contribution in [2.75, 3.05) is 6.54 Å². The second kappa shape index (κ2) is 6.95. The second-order valence-electron chi connectivity index (χ2n) is 5.91. The van der Waals surface area contributed by atoms with Crippen LogP contribution in [0.15, 0.2) is 24.7 Å². The Morgan fingerprint density at radius 1 is 1.43 bits per heavy atom. The van der Waals surface area contributed by atoms with Crippen LogP contribution in [0, 0.1) is 5.82 Å². The van der Waals surface area contributed by atoms with Crippen molar-refractivity contribution < 1.29 is 13.9 Å². The number of pyridine rings is 1. The minimum Gasteiger partial charge on any atom is -0.444 e. The van der Waals surface area contributed by atoms with Gasteiger partial charge >= 0.3 is 6.09 Å². The van der Waals surface area contributed by atoms with E-state index in [1.54, 1.807) is 31.6 Å². The van der Waals surface area contributed by atoms with Gasteiger partial charge in [0.1, 0.15) is 16.6 Å². The van der Waals surface area contributed by atoms with E-state index in [1.165, 1.54) is 12.4 Å². The Morgan fingerprint density at radius 2 is 2.17 bits per heavy atom. The Labute approximate surface area is 138 Å². The lowest BCUT2D eigenvalue weighted by Crippen LogP contribution is -2.34. The molecule has 0 saturated heterocycles. The van der Waals surface area contributed by atoms with Gasteiger partial charge in [-0.15, -0.1) is 0 Å². The Bertz CT molecular complexity index is 697. The molecule has 2 aromatic rings. The number of ether oxygens (including phenoxy) is 1. The average molecular weight is 341 g/mol. The molecule has 1 amide bonds. The zero-order valence-electron chi connectivity index (χ0n) is 13.1. The maximum Gasteiger partial charge on any atom is 0.407 e. The summed E-state index contributed by atoms with van der Waals surface area (Å²) in [7, 11) is 0. The standard InChI is InChI=1S/C15H18ClFN4O2/c1-15(2,3)23-14(22)18-4-5-21-9-10(7-20-21)11-8-19-13(16)6-12(11)17/h6-9H,4-5H2,1-3H3,(H,18,22). The minimum atomic E-state index is -0.540. The molecule has 1 N–H and O–H groups in total. The highest BCUT2D eigenvalue weighted by molar-refractivity contribution is 6.29. The van der Waals surface area contributed by atoms with Gasteiger partial charge in [0.25, 0.3) is 0 Å². The third-order valence-electron chi connectivity index (χ3n) is 2.77. The highest BCUT2D eigenvalue weighted by atomic mass is 35.5. The fourth-order valence-corrected chi connectivity index (χ4v) is 1.98. The summed E-state index contributed by atoms with van der Waals surface area (Å²) in [5.74, 6) is -0.462. The summed E-state index contributed by atoms with van der Waals surface area (Å²) in [6, 6.07) is 1.15. The van der Waals surface area contributed by atoms with E-state index in [2.05, 4.69) is 15.4 Å². The molecule has 0 aromatic carbocycles. The highest BCUT2D eigenvalue weighted by Crippen LogP contribution is 2.22. The number of hydrogen-bond acceptors (Lipinski definition) is 4. The van der Waals surface area contributed by atoms with Gasteiger partial charge in [-0.2, -0.15) is 5.10 Å². The van der Waals surface area contributed by atoms with E-state index in [0.717, 1.165) is 6.07 Å². The van der Waals surface area contributed by atoms with Gasteiger partial charge in [0.05, 0.1) is 12.7 Å². The van der Waals surface area contributed by atoms with Crippen molar-refractivity contribution in [1.29, 1.82) is 0 Å². The molecule has 0 fully saturated rings. The lowest BCUT2D eigenvalue weighted by molar-refractivity contribution is 0.0525. The van der Waals surface area contributed by atoms with E-state index in [4.69, 9.17) is 16.3 Å². The molecule has 0 aliphatic heterocycles. The quantitative estimate of drug-likeness (QED) is 0.867. The summed E-state index contributed by atoms with van der Waals surface area (Å²) >= 11 is 5.63. The fraction of sp³-hybridized carbons (Fsp3) is 0.400. The number of rotatable bonds is 4. The van der Waals surface area contributed by atoms with Crippen LogP contribution in [0.25, 0.3) is 11.1 Å². The third-order valence-corrected chi connectivity index (χ3v) is 2.98. The van der Waals surface area contributed by atoms with Crippen LogP contribution in [0.4, 0.5) is 9.18 Å². The summed E-state index contributed by atoms with van der Waals surface area (Å²) in [6.45, 7) is 6.16. The van der Waals surface area contributed by atoms with Crippen LogP contribution in [0.1, 0.15) is 20.8 Å². The van der Waals surface area contributed by atoms with Gasteiger partial charge < -0.3 is 10.1 Å². The van der Waals surface area contributed by atoms with Crippen LogP contribution in [-0.2, 0) is 11.3 Å². The monoisotopic (exact) mass is 340 g/mol. The molecule has 2 rings (SSSR count). The summed E-state index contributed by atoms with van der Waals surface area (Å²) in [4.78, 5) is 15.4. The van der Waals surface area contributed by atoms with Crippen LogP contribution in [0.5, 0.6) is 0 Å². The highest BCUT2D eigenvalue weighted by Gasteiger charge is 2.15. The topological polar surface area (TPSA) is 69.0 Å². The van der Waals surface area contributed by atoms with E-state index in [-0.39, 0.29) is 5.15 Å². The molecule has 0 atom stereocenters. The molecule has 2 heterocycles. The van der Waals surface area contributed by atoms with Gasteiger partial charge in [-0.3, -0.25) is 4.68 Å². The Hall–Kier alpha value is -2.15. The number of carbonyl (C=O) groups excluding carboxylic acids is 1. The molecular weight excluding hydrogens is 323 g/mol. The number of aromatic nitrogens is 3. The normalized spacial score (nSPS) is 11.3. The van der Waals surface area contributed by atoms with Crippen LogP contribution >= 0.6 is 11.6 Å². The summed E-state index contributed by atoms with van der Waals surface area (Å²) < 4.78 is 20.6. The molecule has 0 aliphatic rings. The summed E-state index contributed by atoms with van der Waals surface area (Å²) in [5, 5.41) is 6.85. The molecule has 6 nitrogen and oxygen atoms in total. The maximum absolute atomic E-state index is 13.8. The first-order valence-corrected chi connectivity index (χ1v) is 7.43. The first-order chi connectivity index (χ1) is 10.7. The number of nitrogens with one attached hydrogen (secondary N) is 1. The number of carbonyl (C=O) groups is 1. The Kier molecular flexibility index (Phi) is 5.20. The number of amides is 1. The Balaban J connectivity index is 1.91. The molecule has 0 spiro atoms. The first kappa shape index (κ1) is 17.2. The lowest BCUT2D eigenvalue weighted by atomic mass is 10.1. The van der Waals surface area contributed by atoms with Crippen molar-refractivity contribution in [3.63, 3.8) is 0 Å². The smallest absolute Gasteiger partial charge is 0.407 e. The average Bonchev–Trinajstić information content (AvgIpc) is 2.85. The molecule has 8 heteroatoms. The Morgan fingerprint density at radius 3 is 2.83 bits per heavy atom. The largest absolute Gasteiger partial charge is 0.444 e. The maximum atomic E-state index is 13.8. The fourth-order valence-electron chi connectivity index (χ4n) is 1.83. The van der Waals surface area contributed by atoms with Crippen LogP contribution in [0.2, 0.25) is 5.15 Å². The van der Waals surface area contributed by atoms with Gasteiger partial charge in [-0.25, -0.2) is 14.2 Å². The molecule has 0 bridgehead atoms. The van der Waals surface area contributed by atoms with Crippen LogP contribution < -0.4 is 5.32 Å². The number of hydrogen-bond donors (Lipinski definition) is 1. The van der Waals surface area contributed by atoms with E-state index in [0.29, 0.717) is 24.2 Å². The lowest BCUT2D eigenvalue weighted by Gasteiger charge is -2.19. The van der Waals surface area contributed by atoms with Crippen molar-refractivity contribution in [2.24, 2.45) is 0 Å². The SMILES string of the molecule is CC(C)(C)OC(=O)NCCn1cc(-c2cnc(Cl)cc2F)cn1. The zero-order chi connectivity index (χ0) is 17.0. The van der Waals surface area contributed by atoms with Crippen LogP contribution in [0.3, 0.4) is 0 Å². The minimum absolute atomic E-state index is 0.0974. The molecule has 23 heavy (non-hydrogen) atoms. The zero-order valence-corrected chi connectivity index (χ0v) is 13.9. The van der Waals surface area contributed by atoms with Gasteiger partial charge in [0.2, 0.25) is 0 Å². The first-order valence-electron chi connectivity index (χ1n) is 7.05. The van der Waals surface area contributed by atoms with Gasteiger partial charge in [-0.05, 0) is 20.8 Å². The number of nitrogens with zero attached hydrogens (tertiary/aromatic N) is 3. The molecule has 0 unspecified atom stereocenters. The molecule has 2 aromatic heterocycles. The van der Waals surface area contributed by atoms with Crippen molar-refractivity contribution in [3.8, 4) is 11.1 Å². The van der Waals surface area contributed by atoms with Gasteiger partial charge in [0, 0.05) is 36.1 Å². The predicted octanol–water partition coefficient (Wildman–Crippen LogP) is 3.26. The number of halogens is 2. The molecule has 124 valence electrons. The third kappa shape index (κ3) is 5.21. The van der Waals surface area contributed by atoms with E-state index in [1.807, 2.05) is 0 Å². The van der Waals surface area contributed by atoms with E-state index < -0.39 is 17.5 Å². The van der Waals surface area contributed by atoms with Gasteiger partial charge in [0.15, 0.2) is 0 Å². The van der Waals surface area contributed by atoms with E-state index >= 15 is 0 Å². The van der Waals surface area contributed by atoms with Crippen molar-refractivity contribution in [2.45, 2.75) is 32.9 Å². The van der Waals surface area contributed by atoms with Crippen molar-refractivity contribution in [3.05, 3.63) is 35.6 Å². The predicted molar refractivity (Wildman–Crippen MR) is 84.7 cm³/mol. The number of alkyl carbamates (subject to hydrolysis) is 1. The molecule has 0 radical (unpaired) electrons. The van der Waals surface area contributed by atoms with Gasteiger partial charge in [-0.1, -0.05) is 11.6 Å². The van der Waals surface area contributed by atoms with E-state index in [9.17, 15) is 9.18 Å². The molecule has 0 saturated carbocycles. The second-order valence-corrected chi connectivity index (χ2v) is 6.29. The van der Waals surface area contributed by atoms with Crippen molar-refractivity contribution >= 4 is 17.7 Å². The van der Waals surface area contributed by atoms with Crippen LogP contribution in [-0.4, -0.2) is 33.0 Å².